The summed E-state index contributed by atoms with van der Waals surface area (Å²) in [5.41, 5.74) is 5.36. The first-order chi connectivity index (χ1) is 15.6. The van der Waals surface area contributed by atoms with Gasteiger partial charge in [0, 0.05) is 30.8 Å². The molecule has 2 aromatic heterocycles. The van der Waals surface area contributed by atoms with Crippen LogP contribution in [0.4, 0.5) is 11.5 Å². The van der Waals surface area contributed by atoms with Gasteiger partial charge in [0.05, 0.1) is 37.8 Å². The topological polar surface area (TPSA) is 94.6 Å². The van der Waals surface area contributed by atoms with Crippen molar-refractivity contribution in [2.75, 3.05) is 25.6 Å². The first kappa shape index (κ1) is 20.3. The molecule has 5 rings (SSSR count). The van der Waals surface area contributed by atoms with E-state index in [2.05, 4.69) is 20.6 Å². The third-order valence-corrected chi connectivity index (χ3v) is 5.73. The number of carbonyl (C=O) groups is 1. The number of anilines is 2. The van der Waals surface area contributed by atoms with Crippen molar-refractivity contribution in [2.24, 2.45) is 0 Å². The van der Waals surface area contributed by atoms with E-state index in [4.69, 9.17) is 14.2 Å². The maximum Gasteiger partial charge on any atom is 0.255 e. The Bertz CT molecular complexity index is 1160. The summed E-state index contributed by atoms with van der Waals surface area (Å²) in [7, 11) is 1.57. The largest absolute Gasteiger partial charge is 0.496 e. The molecule has 8 nitrogen and oxygen atoms in total. The van der Waals surface area contributed by atoms with Crippen LogP contribution in [0.5, 0.6) is 11.6 Å². The molecule has 164 valence electrons. The summed E-state index contributed by atoms with van der Waals surface area (Å²) < 4.78 is 16.5. The second-order valence-corrected chi connectivity index (χ2v) is 7.85. The highest BCUT2D eigenvalue weighted by Crippen LogP contribution is 2.36. The minimum Gasteiger partial charge on any atom is -0.496 e. The van der Waals surface area contributed by atoms with Gasteiger partial charge in [-0.05, 0) is 41.8 Å². The van der Waals surface area contributed by atoms with Gasteiger partial charge in [-0.1, -0.05) is 6.07 Å². The lowest BCUT2D eigenvalue weighted by molar-refractivity contribution is 0.0963. The number of pyridine rings is 2. The van der Waals surface area contributed by atoms with Gasteiger partial charge in [-0.25, -0.2) is 9.97 Å². The van der Waals surface area contributed by atoms with Crippen molar-refractivity contribution in [3.05, 3.63) is 59.4 Å². The molecule has 0 radical (unpaired) electrons. The van der Waals surface area contributed by atoms with E-state index in [1.165, 1.54) is 0 Å². The van der Waals surface area contributed by atoms with Gasteiger partial charge in [0.1, 0.15) is 17.7 Å². The van der Waals surface area contributed by atoms with E-state index in [0.29, 0.717) is 36.2 Å². The molecule has 1 saturated heterocycles. The summed E-state index contributed by atoms with van der Waals surface area (Å²) >= 11 is 0. The van der Waals surface area contributed by atoms with Gasteiger partial charge in [0.25, 0.3) is 5.91 Å². The van der Waals surface area contributed by atoms with Gasteiger partial charge in [-0.3, -0.25) is 4.79 Å². The molecule has 32 heavy (non-hydrogen) atoms. The van der Waals surface area contributed by atoms with E-state index in [9.17, 15) is 4.79 Å². The summed E-state index contributed by atoms with van der Waals surface area (Å²) in [5.74, 6) is 1.78. The molecule has 1 atom stereocenters. The molecule has 2 aliphatic heterocycles. The molecule has 0 bridgehead atoms. The molecule has 1 amide bonds. The van der Waals surface area contributed by atoms with Gasteiger partial charge >= 0.3 is 0 Å². The van der Waals surface area contributed by atoms with Crippen LogP contribution in [0.1, 0.15) is 27.9 Å². The Kier molecular flexibility index (Phi) is 5.36. The van der Waals surface area contributed by atoms with E-state index in [1.807, 2.05) is 43.5 Å². The molecule has 0 spiro atoms. The normalized spacial score (nSPS) is 17.1. The molecule has 1 aromatic carbocycles. The number of rotatable bonds is 6. The number of hydrogen-bond acceptors (Lipinski definition) is 7. The second-order valence-electron chi connectivity index (χ2n) is 7.85. The number of aryl methyl sites for hydroxylation is 1. The molecule has 8 heteroatoms. The van der Waals surface area contributed by atoms with Gasteiger partial charge < -0.3 is 24.8 Å². The van der Waals surface area contributed by atoms with Gasteiger partial charge in [0.2, 0.25) is 5.88 Å². The van der Waals surface area contributed by atoms with Gasteiger partial charge in [0.15, 0.2) is 0 Å². The van der Waals surface area contributed by atoms with Crippen molar-refractivity contribution in [3.63, 3.8) is 0 Å². The Labute approximate surface area is 185 Å². The van der Waals surface area contributed by atoms with E-state index in [0.717, 1.165) is 41.0 Å². The average Bonchev–Trinajstić information content (AvgIpc) is 3.45. The van der Waals surface area contributed by atoms with Crippen molar-refractivity contribution in [3.8, 4) is 22.8 Å². The molecular weight excluding hydrogens is 408 g/mol. The number of methoxy groups -OCH3 is 1. The SMILES string of the molecule is COc1ccc(-c2cnc(Nc3ccc(O[C@H]4CCOC4)nc3)cc2C)c2c1C(=O)NC2. The zero-order valence-electron chi connectivity index (χ0n) is 18.0. The number of amides is 1. The van der Waals surface area contributed by atoms with Crippen molar-refractivity contribution in [1.29, 1.82) is 0 Å². The summed E-state index contributed by atoms with van der Waals surface area (Å²) in [6, 6.07) is 9.55. The predicted molar refractivity (Wildman–Crippen MR) is 120 cm³/mol. The molecule has 3 aromatic rings. The van der Waals surface area contributed by atoms with Crippen LogP contribution in [0, 0.1) is 6.92 Å². The molecular formula is C24H24N4O4. The van der Waals surface area contributed by atoms with E-state index in [-0.39, 0.29) is 12.0 Å². The minimum absolute atomic E-state index is 0.0723. The van der Waals surface area contributed by atoms with Crippen LogP contribution in [-0.4, -0.2) is 42.3 Å². The van der Waals surface area contributed by atoms with Crippen molar-refractivity contribution >= 4 is 17.4 Å². The highest BCUT2D eigenvalue weighted by atomic mass is 16.5. The number of fused-ring (bicyclic) bond motifs is 1. The first-order valence-corrected chi connectivity index (χ1v) is 10.5. The zero-order valence-corrected chi connectivity index (χ0v) is 18.0. The van der Waals surface area contributed by atoms with Crippen LogP contribution >= 0.6 is 0 Å². The Hall–Kier alpha value is -3.65. The molecule has 1 fully saturated rings. The molecule has 0 unspecified atom stereocenters. The Morgan fingerprint density at radius 3 is 2.78 bits per heavy atom. The lowest BCUT2D eigenvalue weighted by atomic mass is 9.94. The lowest BCUT2D eigenvalue weighted by Crippen LogP contribution is -2.16. The molecule has 2 aliphatic rings. The fraction of sp³-hybridized carbons (Fsp3) is 0.292. The summed E-state index contributed by atoms with van der Waals surface area (Å²) in [5, 5.41) is 6.17. The Balaban J connectivity index is 1.35. The fourth-order valence-electron chi connectivity index (χ4n) is 4.09. The minimum atomic E-state index is -0.108. The van der Waals surface area contributed by atoms with Gasteiger partial charge in [-0.15, -0.1) is 0 Å². The van der Waals surface area contributed by atoms with Crippen molar-refractivity contribution < 1.29 is 19.0 Å². The predicted octanol–water partition coefficient (Wildman–Crippen LogP) is 3.62. The standard InChI is InChI=1S/C24H24N4O4/c1-14-9-21(28-15-3-6-22(26-10-15)32-16-7-8-31-13-16)25-11-18(14)17-4-5-20(30-2)23-19(17)12-27-24(23)29/h3-6,9-11,16H,7-8,12-13H2,1-2H3,(H,25,28)(H,27,29)/t16-/m0/s1. The van der Waals surface area contributed by atoms with Crippen LogP contribution in [0.3, 0.4) is 0 Å². The third kappa shape index (κ3) is 3.85. The summed E-state index contributed by atoms with van der Waals surface area (Å²) in [6.45, 7) is 3.85. The number of ether oxygens (including phenoxy) is 3. The van der Waals surface area contributed by atoms with Crippen molar-refractivity contribution in [1.82, 2.24) is 15.3 Å². The van der Waals surface area contributed by atoms with Crippen LogP contribution < -0.4 is 20.1 Å². The van der Waals surface area contributed by atoms with Crippen molar-refractivity contribution in [2.45, 2.75) is 26.0 Å². The highest BCUT2D eigenvalue weighted by molar-refractivity contribution is 6.03. The number of nitrogens with one attached hydrogen (secondary N) is 2. The summed E-state index contributed by atoms with van der Waals surface area (Å²) in [6.07, 6.45) is 4.51. The molecule has 4 heterocycles. The van der Waals surface area contributed by atoms with E-state index < -0.39 is 0 Å². The van der Waals surface area contributed by atoms with Crippen LogP contribution in [0.15, 0.2) is 42.7 Å². The molecule has 0 saturated carbocycles. The number of benzene rings is 1. The zero-order chi connectivity index (χ0) is 22.1. The number of aromatic nitrogens is 2. The Morgan fingerprint density at radius 2 is 2.06 bits per heavy atom. The number of nitrogens with zero attached hydrogens (tertiary/aromatic N) is 2. The van der Waals surface area contributed by atoms with Gasteiger partial charge in [-0.2, -0.15) is 0 Å². The average molecular weight is 432 g/mol. The van der Waals surface area contributed by atoms with Crippen LogP contribution in [0.25, 0.3) is 11.1 Å². The quantitative estimate of drug-likeness (QED) is 0.614. The lowest BCUT2D eigenvalue weighted by Gasteiger charge is -2.14. The summed E-state index contributed by atoms with van der Waals surface area (Å²) in [4.78, 5) is 21.2. The van der Waals surface area contributed by atoms with Crippen LogP contribution in [0.2, 0.25) is 0 Å². The maximum atomic E-state index is 12.3. The third-order valence-electron chi connectivity index (χ3n) is 5.73. The van der Waals surface area contributed by atoms with E-state index >= 15 is 0 Å². The number of carbonyl (C=O) groups excluding carboxylic acids is 1. The number of hydrogen-bond donors (Lipinski definition) is 2. The fourth-order valence-corrected chi connectivity index (χ4v) is 4.09. The smallest absolute Gasteiger partial charge is 0.255 e. The molecule has 0 aliphatic carbocycles. The van der Waals surface area contributed by atoms with E-state index in [1.54, 1.807) is 13.3 Å². The highest BCUT2D eigenvalue weighted by Gasteiger charge is 2.27. The maximum absolute atomic E-state index is 12.3. The molecule has 2 N–H and O–H groups in total. The first-order valence-electron chi connectivity index (χ1n) is 10.5. The second kappa shape index (κ2) is 8.47. The van der Waals surface area contributed by atoms with Crippen LogP contribution in [-0.2, 0) is 11.3 Å². The monoisotopic (exact) mass is 432 g/mol. The Morgan fingerprint density at radius 1 is 1.16 bits per heavy atom.